The molecule has 118 valence electrons. The maximum Gasteiger partial charge on any atom is 0.0334 e. The molecule has 2 heteroatoms. The van der Waals surface area contributed by atoms with Gasteiger partial charge in [0.15, 0.2) is 0 Å². The molecule has 0 aromatic heterocycles. The molecule has 0 unspecified atom stereocenters. The van der Waals surface area contributed by atoms with Gasteiger partial charge in [0.1, 0.15) is 0 Å². The first kappa shape index (κ1) is 16.3. The summed E-state index contributed by atoms with van der Waals surface area (Å²) in [4.78, 5) is 2.77. The lowest BCUT2D eigenvalue weighted by Crippen LogP contribution is -2.59. The second kappa shape index (κ2) is 5.96. The second-order valence-electron chi connectivity index (χ2n) is 8.76. The van der Waals surface area contributed by atoms with Crippen LogP contribution in [0.1, 0.15) is 73.1 Å². The number of nitrogens with zero attached hydrogens (tertiary/aromatic N) is 1. The molecule has 2 fully saturated rings. The molecule has 0 amide bonds. The van der Waals surface area contributed by atoms with Crippen molar-refractivity contribution in [2.75, 3.05) is 13.1 Å². The molecule has 2 N–H and O–H groups in total. The van der Waals surface area contributed by atoms with Crippen LogP contribution in [0.5, 0.6) is 0 Å². The third kappa shape index (κ3) is 3.57. The molecule has 0 aliphatic heterocycles. The van der Waals surface area contributed by atoms with Gasteiger partial charge in [-0.2, -0.15) is 0 Å². The molecule has 2 rings (SSSR count). The first-order chi connectivity index (χ1) is 9.28. The van der Waals surface area contributed by atoms with E-state index < -0.39 is 0 Å². The number of rotatable bonds is 5. The highest BCUT2D eigenvalue weighted by molar-refractivity contribution is 5.00. The van der Waals surface area contributed by atoms with Crippen molar-refractivity contribution in [2.24, 2.45) is 23.0 Å². The van der Waals surface area contributed by atoms with Gasteiger partial charge in [0.25, 0.3) is 0 Å². The van der Waals surface area contributed by atoms with Crippen LogP contribution in [0.2, 0.25) is 0 Å². The van der Waals surface area contributed by atoms with E-state index in [4.69, 9.17) is 5.73 Å². The monoisotopic (exact) mass is 280 g/mol. The quantitative estimate of drug-likeness (QED) is 0.823. The molecule has 0 heterocycles. The summed E-state index contributed by atoms with van der Waals surface area (Å²) in [7, 11) is 0. The summed E-state index contributed by atoms with van der Waals surface area (Å²) in [6, 6.07) is 0.630. The molecule has 2 aliphatic rings. The van der Waals surface area contributed by atoms with E-state index in [1.54, 1.807) is 0 Å². The van der Waals surface area contributed by atoms with E-state index in [9.17, 15) is 0 Å². The molecule has 0 spiro atoms. The van der Waals surface area contributed by atoms with Gasteiger partial charge in [-0.1, -0.05) is 20.8 Å². The lowest BCUT2D eigenvalue weighted by Gasteiger charge is -2.51. The van der Waals surface area contributed by atoms with Crippen molar-refractivity contribution in [2.45, 2.75) is 84.7 Å². The van der Waals surface area contributed by atoms with Crippen LogP contribution in [-0.2, 0) is 0 Å². The number of hydrogen-bond acceptors (Lipinski definition) is 2. The van der Waals surface area contributed by atoms with E-state index in [1.807, 2.05) is 0 Å². The molecule has 2 saturated carbocycles. The maximum absolute atomic E-state index is 6.29. The third-order valence-corrected chi connectivity index (χ3v) is 5.91. The van der Waals surface area contributed by atoms with Crippen molar-refractivity contribution in [1.29, 1.82) is 0 Å². The Morgan fingerprint density at radius 3 is 2.00 bits per heavy atom. The molecule has 0 bridgehead atoms. The molecule has 2 nitrogen and oxygen atoms in total. The summed E-state index contributed by atoms with van der Waals surface area (Å²) >= 11 is 0. The van der Waals surface area contributed by atoms with Gasteiger partial charge in [0.05, 0.1) is 0 Å². The predicted octanol–water partition coefficient (Wildman–Crippen LogP) is 4.04. The first-order valence-electron chi connectivity index (χ1n) is 8.75. The smallest absolute Gasteiger partial charge is 0.0334 e. The van der Waals surface area contributed by atoms with E-state index >= 15 is 0 Å². The summed E-state index contributed by atoms with van der Waals surface area (Å²) in [5.74, 6) is 1.83. The third-order valence-electron chi connectivity index (χ3n) is 5.91. The zero-order valence-electron chi connectivity index (χ0n) is 14.4. The molecule has 0 atom stereocenters. The highest BCUT2D eigenvalue weighted by Gasteiger charge is 2.43. The molecule has 0 aromatic rings. The zero-order valence-corrected chi connectivity index (χ0v) is 14.4. The molecule has 0 aromatic carbocycles. The number of hydrogen-bond donors (Lipinski definition) is 1. The van der Waals surface area contributed by atoms with Crippen molar-refractivity contribution < 1.29 is 0 Å². The van der Waals surface area contributed by atoms with E-state index in [1.165, 1.54) is 45.1 Å². The minimum absolute atomic E-state index is 0.290. The summed E-state index contributed by atoms with van der Waals surface area (Å²) in [6.45, 7) is 14.0. The van der Waals surface area contributed by atoms with Gasteiger partial charge in [-0.05, 0) is 69.6 Å². The van der Waals surface area contributed by atoms with Gasteiger partial charge in [0.2, 0.25) is 0 Å². The van der Waals surface area contributed by atoms with E-state index in [2.05, 4.69) is 39.5 Å². The Hall–Kier alpha value is -0.0800. The van der Waals surface area contributed by atoms with Crippen LogP contribution in [0.4, 0.5) is 0 Å². The Bertz CT molecular complexity index is 304. The van der Waals surface area contributed by atoms with Crippen LogP contribution in [0.25, 0.3) is 0 Å². The van der Waals surface area contributed by atoms with Gasteiger partial charge in [-0.3, -0.25) is 4.90 Å². The van der Waals surface area contributed by atoms with Crippen LogP contribution >= 0.6 is 0 Å². The lowest BCUT2D eigenvalue weighted by atomic mass is 9.66. The van der Waals surface area contributed by atoms with Gasteiger partial charge in [0, 0.05) is 24.7 Å². The molecule has 20 heavy (non-hydrogen) atoms. The minimum Gasteiger partial charge on any atom is -0.329 e. The number of nitrogens with two attached hydrogens (primary N) is 1. The fourth-order valence-corrected chi connectivity index (χ4v) is 4.16. The Morgan fingerprint density at radius 1 is 1.10 bits per heavy atom. The summed E-state index contributed by atoms with van der Waals surface area (Å²) < 4.78 is 0. The zero-order chi connectivity index (χ0) is 15.0. The first-order valence-corrected chi connectivity index (χ1v) is 8.75. The van der Waals surface area contributed by atoms with E-state index in [-0.39, 0.29) is 0 Å². The fraction of sp³-hybridized carbons (Fsp3) is 1.00. The molecule has 0 saturated heterocycles. The Morgan fingerprint density at radius 2 is 1.65 bits per heavy atom. The molecular formula is C18H36N2. The average molecular weight is 280 g/mol. The second-order valence-corrected chi connectivity index (χ2v) is 8.76. The van der Waals surface area contributed by atoms with Gasteiger partial charge in [-0.15, -0.1) is 0 Å². The fourth-order valence-electron chi connectivity index (χ4n) is 4.16. The van der Waals surface area contributed by atoms with Crippen LogP contribution in [0.3, 0.4) is 0 Å². The molecular weight excluding hydrogens is 244 g/mol. The summed E-state index contributed by atoms with van der Waals surface area (Å²) in [5, 5.41) is 0. The highest BCUT2D eigenvalue weighted by atomic mass is 15.2. The Balaban J connectivity index is 2.05. The largest absolute Gasteiger partial charge is 0.329 e. The van der Waals surface area contributed by atoms with Crippen LogP contribution in [0.15, 0.2) is 0 Å². The van der Waals surface area contributed by atoms with Crippen molar-refractivity contribution in [3.63, 3.8) is 0 Å². The summed E-state index contributed by atoms with van der Waals surface area (Å²) in [5.41, 5.74) is 7.03. The standard InChI is InChI=1S/C18H36N2/c1-14(2)20(12-15-6-7-15)18(13-19)10-8-16(9-11-18)17(3,4)5/h14-16H,6-13,19H2,1-5H3. The van der Waals surface area contributed by atoms with Gasteiger partial charge in [-0.25, -0.2) is 0 Å². The average Bonchev–Trinajstić information content (AvgIpc) is 3.18. The topological polar surface area (TPSA) is 29.3 Å². The lowest BCUT2D eigenvalue weighted by molar-refractivity contribution is -0.00173. The molecule has 0 radical (unpaired) electrons. The predicted molar refractivity (Wildman–Crippen MR) is 87.8 cm³/mol. The highest BCUT2D eigenvalue weighted by Crippen LogP contribution is 2.45. The van der Waals surface area contributed by atoms with Crippen LogP contribution in [0, 0.1) is 17.3 Å². The SMILES string of the molecule is CC(C)N(CC1CC1)C1(CN)CCC(C(C)(C)C)CC1. The molecule has 2 aliphatic carbocycles. The summed E-state index contributed by atoms with van der Waals surface area (Å²) in [6.07, 6.45) is 8.19. The maximum atomic E-state index is 6.29. The van der Waals surface area contributed by atoms with Crippen molar-refractivity contribution in [1.82, 2.24) is 4.90 Å². The van der Waals surface area contributed by atoms with Crippen molar-refractivity contribution in [3.8, 4) is 0 Å². The minimum atomic E-state index is 0.290. The van der Waals surface area contributed by atoms with Crippen molar-refractivity contribution in [3.05, 3.63) is 0 Å². The van der Waals surface area contributed by atoms with E-state index in [0.717, 1.165) is 18.4 Å². The Kier molecular flexibility index (Phi) is 4.86. The van der Waals surface area contributed by atoms with Crippen LogP contribution < -0.4 is 5.73 Å². The van der Waals surface area contributed by atoms with Crippen LogP contribution in [-0.4, -0.2) is 29.6 Å². The van der Waals surface area contributed by atoms with Gasteiger partial charge < -0.3 is 5.73 Å². The normalized spacial score (nSPS) is 32.1. The Labute approximate surface area is 126 Å². The van der Waals surface area contributed by atoms with Gasteiger partial charge >= 0.3 is 0 Å². The van der Waals surface area contributed by atoms with E-state index in [0.29, 0.717) is 17.0 Å². The van der Waals surface area contributed by atoms with Crippen molar-refractivity contribution >= 4 is 0 Å².